The number of allylic oxidation sites excluding steroid dienone is 1. The maximum atomic E-state index is 13.3. The van der Waals surface area contributed by atoms with Crippen LogP contribution in [0, 0.1) is 5.41 Å². The number of anilines is 1. The van der Waals surface area contributed by atoms with Crippen molar-refractivity contribution >= 4 is 69.3 Å². The molecule has 1 fully saturated rings. The van der Waals surface area contributed by atoms with Gasteiger partial charge in [0.25, 0.3) is 11.8 Å². The molecule has 0 saturated carbocycles. The van der Waals surface area contributed by atoms with Gasteiger partial charge in [0.1, 0.15) is 21.8 Å². The molecule has 0 aliphatic carbocycles. The Bertz CT molecular complexity index is 1410. The molecule has 4 N–H and O–H groups in total. The summed E-state index contributed by atoms with van der Waals surface area (Å²) in [6, 6.07) is 1.90. The lowest BCUT2D eigenvalue weighted by Gasteiger charge is -2.50. The average molecular weight is 609 g/mol. The number of nitrogen functional groups attached to an aromatic ring is 1. The summed E-state index contributed by atoms with van der Waals surface area (Å²) in [6.45, 7) is 4.34. The van der Waals surface area contributed by atoms with Gasteiger partial charge in [-0.3, -0.25) is 24.3 Å². The molecule has 0 aromatic carbocycles. The Morgan fingerprint density at radius 1 is 1.30 bits per heavy atom. The van der Waals surface area contributed by atoms with Crippen molar-refractivity contribution in [1.29, 1.82) is 0 Å². The third-order valence-corrected chi connectivity index (χ3v) is 8.13. The number of oxime groups is 1. The lowest BCUT2D eigenvalue weighted by Crippen LogP contribution is -2.72. The lowest BCUT2D eigenvalue weighted by atomic mass is 9.86. The van der Waals surface area contributed by atoms with Crippen molar-refractivity contribution in [3.05, 3.63) is 45.2 Å². The highest BCUT2D eigenvalue weighted by atomic mass is 35.5. The minimum absolute atomic E-state index is 0.00765. The molecule has 13 nitrogen and oxygen atoms in total. The number of carbonyl (C=O) groups excluding carboxylic acids is 4. The van der Waals surface area contributed by atoms with Crippen LogP contribution >= 0.6 is 34.7 Å². The van der Waals surface area contributed by atoms with E-state index in [-0.39, 0.29) is 20.9 Å². The molecule has 40 heavy (non-hydrogen) atoms. The summed E-state index contributed by atoms with van der Waals surface area (Å²) in [6.07, 6.45) is 3.99. The minimum Gasteiger partial charge on any atom is -0.427 e. The van der Waals surface area contributed by atoms with E-state index in [4.69, 9.17) is 26.8 Å². The highest BCUT2D eigenvalue weighted by Gasteiger charge is 2.54. The Balaban J connectivity index is 1.53. The number of pyridine rings is 1. The maximum absolute atomic E-state index is 13.3. The molecule has 1 saturated heterocycles. The number of thioether (sulfide) groups is 1. The topological polar surface area (TPSA) is 186 Å². The molecule has 212 valence electrons. The molecular weight excluding hydrogens is 584 g/mol. The fraction of sp³-hybridized carbons (Fsp3) is 0.375. The Labute approximate surface area is 241 Å². The molecule has 4 rings (SSSR count). The van der Waals surface area contributed by atoms with Crippen LogP contribution in [0.1, 0.15) is 39.3 Å². The number of nitrogens with two attached hydrogens (primary N) is 1. The van der Waals surface area contributed by atoms with Crippen LogP contribution in [0.15, 0.2) is 45.2 Å². The molecule has 2 aromatic rings. The molecule has 0 bridgehead atoms. The third-order valence-electron chi connectivity index (χ3n) is 5.90. The quantitative estimate of drug-likeness (QED) is 0.0998. The van der Waals surface area contributed by atoms with Gasteiger partial charge < -0.3 is 25.7 Å². The highest BCUT2D eigenvalue weighted by molar-refractivity contribution is 8.03. The van der Waals surface area contributed by atoms with Crippen LogP contribution in [-0.2, 0) is 28.7 Å². The summed E-state index contributed by atoms with van der Waals surface area (Å²) in [5.74, 6) is -2.89. The Hall–Kier alpha value is -3.69. The van der Waals surface area contributed by atoms with Crippen LogP contribution in [0.4, 0.5) is 5.13 Å². The molecule has 2 aromatic heterocycles. The van der Waals surface area contributed by atoms with Gasteiger partial charge in [0, 0.05) is 22.2 Å². The summed E-state index contributed by atoms with van der Waals surface area (Å²) >= 11 is 8.21. The van der Waals surface area contributed by atoms with Gasteiger partial charge in [-0.2, -0.15) is 0 Å². The van der Waals surface area contributed by atoms with Crippen LogP contribution in [0.25, 0.3) is 0 Å². The fourth-order valence-corrected chi connectivity index (χ4v) is 5.93. The van der Waals surface area contributed by atoms with E-state index in [2.05, 4.69) is 20.4 Å². The normalized spacial score (nSPS) is 19.1. The number of nitrogens with one attached hydrogen (secondary N) is 1. The van der Waals surface area contributed by atoms with Crippen LogP contribution < -0.4 is 11.1 Å². The van der Waals surface area contributed by atoms with Gasteiger partial charge in [0.15, 0.2) is 10.8 Å². The highest BCUT2D eigenvalue weighted by Crippen LogP contribution is 2.43. The van der Waals surface area contributed by atoms with Gasteiger partial charge in [0.2, 0.25) is 6.79 Å². The van der Waals surface area contributed by atoms with Crippen molar-refractivity contribution in [2.45, 2.75) is 50.6 Å². The zero-order chi connectivity index (χ0) is 29.2. The van der Waals surface area contributed by atoms with E-state index in [1.165, 1.54) is 16.7 Å². The van der Waals surface area contributed by atoms with Gasteiger partial charge in [-0.1, -0.05) is 39.9 Å². The van der Waals surface area contributed by atoms with Gasteiger partial charge in [-0.25, -0.2) is 9.78 Å². The first-order valence-electron chi connectivity index (χ1n) is 11.9. The molecule has 2 aliphatic heterocycles. The zero-order valence-electron chi connectivity index (χ0n) is 21.5. The predicted molar refractivity (Wildman–Crippen MR) is 145 cm³/mol. The number of thiazole rings is 1. The largest absolute Gasteiger partial charge is 0.427 e. The van der Waals surface area contributed by atoms with E-state index < -0.39 is 53.8 Å². The maximum Gasteiger partial charge on any atom is 0.358 e. The number of β-lactam (4-membered cyclic amide) rings is 1. The van der Waals surface area contributed by atoms with E-state index >= 15 is 0 Å². The Morgan fingerprint density at radius 2 is 2.00 bits per heavy atom. The first kappa shape index (κ1) is 29.3. The summed E-state index contributed by atoms with van der Waals surface area (Å²) in [5, 5.41) is 15.0. The molecule has 0 spiro atoms. The second kappa shape index (κ2) is 11.8. The Morgan fingerprint density at radius 3 is 2.60 bits per heavy atom. The standard InChI is InChI=1S/C24H25ClN6O7S2/c1-24(2,3)22(35)38-10-37-21(34)17-13(39-11-6-8-27-9-7-11)5-4-12-14(20(33)31(12)17)28-19(32)16(30-36)15-18(25)40-23(26)29-15/h6-9,12,14,36H,4-5,10H2,1-3H3,(H2,26,29)(H,28,32)/b30-16-/t12?,14-/m0/s1. The molecule has 2 atom stereocenters. The van der Waals surface area contributed by atoms with Crippen molar-refractivity contribution in [2.75, 3.05) is 12.5 Å². The van der Waals surface area contributed by atoms with Crippen molar-refractivity contribution in [3.8, 4) is 0 Å². The second-order valence-corrected chi connectivity index (χ2v) is 12.5. The number of rotatable bonds is 8. The third kappa shape index (κ3) is 6.05. The molecule has 4 heterocycles. The lowest BCUT2D eigenvalue weighted by molar-refractivity contribution is -0.174. The summed E-state index contributed by atoms with van der Waals surface area (Å²) in [4.78, 5) is 62.0. The van der Waals surface area contributed by atoms with E-state index in [1.54, 1.807) is 45.3 Å². The molecular formula is C24H25ClN6O7S2. The van der Waals surface area contributed by atoms with Crippen LogP contribution in [-0.4, -0.2) is 68.4 Å². The smallest absolute Gasteiger partial charge is 0.358 e. The summed E-state index contributed by atoms with van der Waals surface area (Å²) in [7, 11) is 0. The van der Waals surface area contributed by atoms with Crippen LogP contribution in [0.5, 0.6) is 0 Å². The second-order valence-electron chi connectivity index (χ2n) is 9.68. The number of nitrogens with zero attached hydrogens (tertiary/aromatic N) is 4. The molecule has 0 radical (unpaired) electrons. The summed E-state index contributed by atoms with van der Waals surface area (Å²) in [5.41, 5.74) is 4.18. The van der Waals surface area contributed by atoms with E-state index in [1.807, 2.05) is 0 Å². The van der Waals surface area contributed by atoms with Crippen molar-refractivity contribution in [3.63, 3.8) is 0 Å². The fourth-order valence-electron chi connectivity index (χ4n) is 3.96. The zero-order valence-corrected chi connectivity index (χ0v) is 23.9. The number of esters is 2. The number of hydrogen-bond acceptors (Lipinski definition) is 13. The van der Waals surface area contributed by atoms with Gasteiger partial charge >= 0.3 is 11.9 Å². The number of fused-ring (bicyclic) bond motifs is 1. The monoisotopic (exact) mass is 608 g/mol. The van der Waals surface area contributed by atoms with Crippen LogP contribution in [0.2, 0.25) is 4.34 Å². The molecule has 16 heteroatoms. The molecule has 1 unspecified atom stereocenters. The average Bonchev–Trinajstić information content (AvgIpc) is 3.24. The predicted octanol–water partition coefficient (Wildman–Crippen LogP) is 2.54. The van der Waals surface area contributed by atoms with E-state index in [9.17, 15) is 24.4 Å². The number of amides is 2. The number of halogens is 1. The SMILES string of the molecule is CC(C)(C)C(=O)OCOC(=O)C1=C(Sc2ccncc2)CCC2[C@H](NC(=O)/C(=N\O)c3nc(N)sc3Cl)C(=O)N12. The summed E-state index contributed by atoms with van der Waals surface area (Å²) < 4.78 is 10.3. The first-order valence-corrected chi connectivity index (χ1v) is 13.9. The number of carbonyl (C=O) groups is 4. The van der Waals surface area contributed by atoms with Crippen molar-refractivity contribution in [2.24, 2.45) is 10.6 Å². The van der Waals surface area contributed by atoms with Crippen LogP contribution in [0.3, 0.4) is 0 Å². The number of aromatic nitrogens is 2. The Kier molecular flexibility index (Phi) is 8.65. The van der Waals surface area contributed by atoms with Gasteiger partial charge in [0.05, 0.1) is 11.5 Å². The van der Waals surface area contributed by atoms with Crippen molar-refractivity contribution < 1.29 is 33.9 Å². The molecule has 2 aliphatic rings. The first-order chi connectivity index (χ1) is 18.9. The van der Waals surface area contributed by atoms with E-state index in [0.717, 1.165) is 16.2 Å². The van der Waals surface area contributed by atoms with E-state index in [0.29, 0.717) is 17.7 Å². The molecule has 2 amide bonds. The van der Waals surface area contributed by atoms with Gasteiger partial charge in [-0.05, 0) is 45.7 Å². The minimum atomic E-state index is -1.02. The number of ether oxygens (including phenoxy) is 2. The number of hydrogen-bond donors (Lipinski definition) is 3. The van der Waals surface area contributed by atoms with Gasteiger partial charge in [-0.15, -0.1) is 0 Å². The van der Waals surface area contributed by atoms with Crippen molar-refractivity contribution in [1.82, 2.24) is 20.2 Å².